The molecule has 0 aromatic rings. The van der Waals surface area contributed by atoms with E-state index in [0.717, 1.165) is 25.8 Å². The van der Waals surface area contributed by atoms with Crippen molar-refractivity contribution >= 4 is 9.28 Å². The van der Waals surface area contributed by atoms with Gasteiger partial charge < -0.3 is 20.3 Å². The van der Waals surface area contributed by atoms with Crippen molar-refractivity contribution in [1.82, 2.24) is 0 Å². The molecule has 0 amide bonds. The Morgan fingerprint density at radius 3 is 2.08 bits per heavy atom. The first-order valence-corrected chi connectivity index (χ1v) is 6.04. The van der Waals surface area contributed by atoms with Crippen molar-refractivity contribution in [2.45, 2.75) is 24.8 Å². The number of nitrogens with two attached hydrogens (primary N) is 2. The van der Waals surface area contributed by atoms with E-state index in [-0.39, 0.29) is 0 Å². The van der Waals surface area contributed by atoms with E-state index < -0.39 is 9.28 Å². The van der Waals surface area contributed by atoms with Gasteiger partial charge in [-0.1, -0.05) is 0 Å². The van der Waals surface area contributed by atoms with Crippen LogP contribution in [0.15, 0.2) is 0 Å². The van der Waals surface area contributed by atoms with Gasteiger partial charge in [0.25, 0.3) is 0 Å². The molecule has 0 saturated carbocycles. The Kier molecular flexibility index (Phi) is 8.68. The van der Waals surface area contributed by atoms with Gasteiger partial charge in [-0.15, -0.1) is 0 Å². The fraction of sp³-hybridized carbons (Fsp3) is 1.00. The predicted molar refractivity (Wildman–Crippen MR) is 55.5 cm³/mol. The highest BCUT2D eigenvalue weighted by atomic mass is 28.3. The molecule has 0 aromatic heterocycles. The molecule has 79 valence electrons. The summed E-state index contributed by atoms with van der Waals surface area (Å²) in [5, 5.41) is 0. The molecular weight excluding hydrogens is 184 g/mol. The van der Waals surface area contributed by atoms with Gasteiger partial charge in [-0.2, -0.15) is 0 Å². The van der Waals surface area contributed by atoms with Crippen LogP contribution in [0.25, 0.3) is 0 Å². The average Bonchev–Trinajstić information content (AvgIpc) is 2.16. The highest BCUT2D eigenvalue weighted by Gasteiger charge is 2.24. The highest BCUT2D eigenvalue weighted by Crippen LogP contribution is 2.21. The van der Waals surface area contributed by atoms with Gasteiger partial charge in [-0.05, 0) is 32.4 Å². The third kappa shape index (κ3) is 5.38. The minimum Gasteiger partial charge on any atom is -0.397 e. The van der Waals surface area contributed by atoms with Crippen molar-refractivity contribution in [3.63, 3.8) is 0 Å². The lowest BCUT2D eigenvalue weighted by molar-refractivity contribution is 0.260. The topological polar surface area (TPSA) is 70.5 Å². The molecule has 0 rings (SSSR count). The second-order valence-corrected chi connectivity index (χ2v) is 5.20. The largest absolute Gasteiger partial charge is 0.397 e. The molecule has 13 heavy (non-hydrogen) atoms. The van der Waals surface area contributed by atoms with Crippen LogP contribution < -0.4 is 11.5 Å². The zero-order chi connectivity index (χ0) is 10.1. The Hall–Kier alpha value is 0.0569. The summed E-state index contributed by atoms with van der Waals surface area (Å²) in [6.45, 7) is 1.42. The normalized spacial score (nSPS) is 13.6. The van der Waals surface area contributed by atoms with Crippen LogP contribution in [0.5, 0.6) is 0 Å². The number of hydrogen-bond donors (Lipinski definition) is 2. The third-order valence-corrected chi connectivity index (χ3v) is 4.06. The standard InChI is InChI=1S/C8H21N2O2Si/c1-11-13(12-2)8(5-7-10)4-3-6-9/h8H,3-7,9-10H2,1-2H3. The van der Waals surface area contributed by atoms with E-state index in [1.54, 1.807) is 14.2 Å². The highest BCUT2D eigenvalue weighted by molar-refractivity contribution is 6.46. The van der Waals surface area contributed by atoms with Crippen LogP contribution in [0.1, 0.15) is 19.3 Å². The lowest BCUT2D eigenvalue weighted by atomic mass is 10.2. The van der Waals surface area contributed by atoms with Crippen LogP contribution in [0.4, 0.5) is 0 Å². The first-order chi connectivity index (χ1) is 6.29. The second kappa shape index (κ2) is 8.65. The first kappa shape index (κ1) is 13.1. The van der Waals surface area contributed by atoms with E-state index in [1.165, 1.54) is 0 Å². The van der Waals surface area contributed by atoms with Crippen LogP contribution in [-0.2, 0) is 8.85 Å². The van der Waals surface area contributed by atoms with Crippen LogP contribution in [0, 0.1) is 0 Å². The van der Waals surface area contributed by atoms with Gasteiger partial charge in [0.2, 0.25) is 0 Å². The minimum absolute atomic E-state index is 0.466. The van der Waals surface area contributed by atoms with E-state index in [2.05, 4.69) is 0 Å². The van der Waals surface area contributed by atoms with Crippen LogP contribution in [0.2, 0.25) is 5.54 Å². The van der Waals surface area contributed by atoms with Crippen molar-refractivity contribution in [1.29, 1.82) is 0 Å². The molecule has 4 N–H and O–H groups in total. The molecule has 0 spiro atoms. The molecule has 0 saturated heterocycles. The maximum absolute atomic E-state index is 5.52. The summed E-state index contributed by atoms with van der Waals surface area (Å²) < 4.78 is 10.6. The summed E-state index contributed by atoms with van der Waals surface area (Å²) in [7, 11) is 2.26. The molecule has 0 aromatic carbocycles. The van der Waals surface area contributed by atoms with Crippen LogP contribution in [0.3, 0.4) is 0 Å². The van der Waals surface area contributed by atoms with Crippen molar-refractivity contribution in [3.8, 4) is 0 Å². The molecule has 5 heteroatoms. The summed E-state index contributed by atoms with van der Waals surface area (Å²) in [6, 6.07) is 0. The quantitative estimate of drug-likeness (QED) is 0.556. The van der Waals surface area contributed by atoms with Gasteiger partial charge in [0.05, 0.1) is 0 Å². The molecule has 0 aliphatic heterocycles. The monoisotopic (exact) mass is 205 g/mol. The van der Waals surface area contributed by atoms with Gasteiger partial charge in [0.15, 0.2) is 0 Å². The van der Waals surface area contributed by atoms with Crippen molar-refractivity contribution in [3.05, 3.63) is 0 Å². The average molecular weight is 205 g/mol. The zero-order valence-corrected chi connectivity index (χ0v) is 9.58. The summed E-state index contributed by atoms with van der Waals surface area (Å²) >= 11 is 0. The summed E-state index contributed by atoms with van der Waals surface area (Å²) in [5.74, 6) is 0. The Morgan fingerprint density at radius 2 is 1.69 bits per heavy atom. The van der Waals surface area contributed by atoms with Crippen LogP contribution >= 0.6 is 0 Å². The van der Waals surface area contributed by atoms with E-state index in [4.69, 9.17) is 20.3 Å². The molecule has 4 nitrogen and oxygen atoms in total. The Balaban J connectivity index is 3.88. The fourth-order valence-corrected chi connectivity index (χ4v) is 3.04. The third-order valence-electron chi connectivity index (χ3n) is 2.01. The molecule has 1 atom stereocenters. The van der Waals surface area contributed by atoms with E-state index in [9.17, 15) is 0 Å². The Morgan fingerprint density at radius 1 is 1.08 bits per heavy atom. The smallest absolute Gasteiger partial charge is 0.387 e. The van der Waals surface area contributed by atoms with Gasteiger partial charge in [-0.25, -0.2) is 0 Å². The van der Waals surface area contributed by atoms with E-state index in [1.807, 2.05) is 0 Å². The minimum atomic E-state index is -1.13. The number of hydrogen-bond acceptors (Lipinski definition) is 4. The molecule has 1 radical (unpaired) electrons. The zero-order valence-electron chi connectivity index (χ0n) is 8.58. The Labute approximate surface area is 82.4 Å². The molecule has 0 fully saturated rings. The van der Waals surface area contributed by atoms with Gasteiger partial charge in [-0.3, -0.25) is 0 Å². The van der Waals surface area contributed by atoms with Crippen LogP contribution in [-0.4, -0.2) is 36.6 Å². The predicted octanol–water partition coefficient (Wildman–Crippen LogP) is 0.225. The molecule has 0 heterocycles. The SMILES string of the molecule is CO[Si](OC)C(CCN)CCCN. The molecule has 0 bridgehead atoms. The van der Waals surface area contributed by atoms with Crippen molar-refractivity contribution in [2.75, 3.05) is 27.3 Å². The maximum Gasteiger partial charge on any atom is 0.387 e. The molecular formula is C8H21N2O2Si. The van der Waals surface area contributed by atoms with E-state index >= 15 is 0 Å². The summed E-state index contributed by atoms with van der Waals surface area (Å²) in [5.41, 5.74) is 11.4. The van der Waals surface area contributed by atoms with E-state index in [0.29, 0.717) is 12.1 Å². The lowest BCUT2D eigenvalue weighted by Gasteiger charge is -2.20. The second-order valence-electron chi connectivity index (χ2n) is 2.93. The Bertz CT molecular complexity index is 112. The van der Waals surface area contributed by atoms with Crippen molar-refractivity contribution < 1.29 is 8.85 Å². The summed E-state index contributed by atoms with van der Waals surface area (Å²) in [6.07, 6.45) is 3.05. The fourth-order valence-electron chi connectivity index (χ4n) is 1.36. The van der Waals surface area contributed by atoms with Gasteiger partial charge in [0, 0.05) is 19.8 Å². The lowest BCUT2D eigenvalue weighted by Crippen LogP contribution is -2.28. The summed E-state index contributed by atoms with van der Waals surface area (Å²) in [4.78, 5) is 0. The molecule has 0 aliphatic carbocycles. The van der Waals surface area contributed by atoms with Gasteiger partial charge >= 0.3 is 9.28 Å². The van der Waals surface area contributed by atoms with Gasteiger partial charge in [0.1, 0.15) is 0 Å². The first-order valence-electron chi connectivity index (χ1n) is 4.65. The van der Waals surface area contributed by atoms with Crippen molar-refractivity contribution in [2.24, 2.45) is 11.5 Å². The molecule has 1 unspecified atom stereocenters. The molecule has 0 aliphatic rings. The number of rotatable bonds is 8. The maximum atomic E-state index is 5.52.